The molecule has 0 aromatic carbocycles. The highest BCUT2D eigenvalue weighted by Gasteiger charge is 2.17. The molecule has 0 unspecified atom stereocenters. The number of carbonyl (C=O) groups is 1. The van der Waals surface area contributed by atoms with Gasteiger partial charge < -0.3 is 4.74 Å². The van der Waals surface area contributed by atoms with Crippen LogP contribution in [0.25, 0.3) is 0 Å². The van der Waals surface area contributed by atoms with Gasteiger partial charge in [0.2, 0.25) is 5.91 Å². The van der Waals surface area contributed by atoms with Crippen molar-refractivity contribution in [2.45, 2.75) is 6.92 Å². The third kappa shape index (κ3) is 3.30. The van der Waals surface area contributed by atoms with Gasteiger partial charge in [-0.05, 0) is 0 Å². The zero-order valence-corrected chi connectivity index (χ0v) is 7.95. The predicted octanol–water partition coefficient (Wildman–Crippen LogP) is -1.06. The van der Waals surface area contributed by atoms with Gasteiger partial charge in [-0.1, -0.05) is 6.92 Å². The summed E-state index contributed by atoms with van der Waals surface area (Å²) in [5.41, 5.74) is 2.16. The highest BCUT2D eigenvalue weighted by Crippen LogP contribution is 2.02. The van der Waals surface area contributed by atoms with Crippen molar-refractivity contribution < 1.29 is 9.53 Å². The van der Waals surface area contributed by atoms with Crippen LogP contribution in [0.15, 0.2) is 0 Å². The molecule has 1 aliphatic heterocycles. The molecule has 1 heterocycles. The van der Waals surface area contributed by atoms with Crippen molar-refractivity contribution in [3.63, 3.8) is 0 Å². The number of nitrogens with zero attached hydrogens (tertiary/aromatic N) is 1. The maximum Gasteiger partial charge on any atom is 0.237 e. The van der Waals surface area contributed by atoms with Gasteiger partial charge in [0, 0.05) is 25.6 Å². The standard InChI is InChI=1S/C8H17N3O2/c1-7(8(12)10-9)6-11-2-4-13-5-3-11/h7H,2-6,9H2,1H3,(H,10,12)/t7-/m1/s1. The number of hydrazine groups is 1. The summed E-state index contributed by atoms with van der Waals surface area (Å²) in [6.45, 7) is 5.96. The van der Waals surface area contributed by atoms with Gasteiger partial charge in [-0.25, -0.2) is 5.84 Å². The van der Waals surface area contributed by atoms with Crippen molar-refractivity contribution in [2.24, 2.45) is 11.8 Å². The zero-order valence-electron chi connectivity index (χ0n) is 7.95. The Bertz CT molecular complexity index is 169. The van der Waals surface area contributed by atoms with E-state index in [1.807, 2.05) is 6.92 Å². The number of rotatable bonds is 3. The molecule has 0 aliphatic carbocycles. The van der Waals surface area contributed by atoms with Crippen molar-refractivity contribution in [3.8, 4) is 0 Å². The second-order valence-corrected chi connectivity index (χ2v) is 3.32. The average Bonchev–Trinajstić information content (AvgIpc) is 2.18. The topological polar surface area (TPSA) is 67.6 Å². The van der Waals surface area contributed by atoms with Gasteiger partial charge in [-0.3, -0.25) is 15.1 Å². The third-order valence-corrected chi connectivity index (χ3v) is 2.23. The smallest absolute Gasteiger partial charge is 0.237 e. The lowest BCUT2D eigenvalue weighted by molar-refractivity contribution is -0.125. The van der Waals surface area contributed by atoms with Crippen LogP contribution in [0.3, 0.4) is 0 Å². The third-order valence-electron chi connectivity index (χ3n) is 2.23. The molecule has 5 nitrogen and oxygen atoms in total. The van der Waals surface area contributed by atoms with Crippen LogP contribution in [0, 0.1) is 5.92 Å². The first-order valence-electron chi connectivity index (χ1n) is 4.54. The summed E-state index contributed by atoms with van der Waals surface area (Å²) in [6, 6.07) is 0. The number of ether oxygens (including phenoxy) is 1. The second-order valence-electron chi connectivity index (χ2n) is 3.32. The van der Waals surface area contributed by atoms with E-state index in [0.717, 1.165) is 32.8 Å². The molecule has 1 aliphatic rings. The molecule has 1 amide bonds. The fourth-order valence-electron chi connectivity index (χ4n) is 1.40. The molecule has 1 atom stereocenters. The number of amides is 1. The van der Waals surface area contributed by atoms with Crippen molar-refractivity contribution in [2.75, 3.05) is 32.8 Å². The van der Waals surface area contributed by atoms with Crippen molar-refractivity contribution >= 4 is 5.91 Å². The molecule has 0 radical (unpaired) electrons. The number of morpholine rings is 1. The lowest BCUT2D eigenvalue weighted by Gasteiger charge is -2.28. The second kappa shape index (κ2) is 5.16. The summed E-state index contributed by atoms with van der Waals surface area (Å²) in [6.07, 6.45) is 0. The lowest BCUT2D eigenvalue weighted by Crippen LogP contribution is -2.44. The van der Waals surface area contributed by atoms with Gasteiger partial charge in [0.25, 0.3) is 0 Å². The van der Waals surface area contributed by atoms with Gasteiger partial charge in [-0.15, -0.1) is 0 Å². The largest absolute Gasteiger partial charge is 0.379 e. The summed E-state index contributed by atoms with van der Waals surface area (Å²) in [4.78, 5) is 13.3. The fourth-order valence-corrected chi connectivity index (χ4v) is 1.40. The number of nitrogens with two attached hydrogens (primary N) is 1. The molecule has 76 valence electrons. The predicted molar refractivity (Wildman–Crippen MR) is 48.8 cm³/mol. The quantitative estimate of drug-likeness (QED) is 0.336. The minimum Gasteiger partial charge on any atom is -0.379 e. The van der Waals surface area contributed by atoms with E-state index in [9.17, 15) is 4.79 Å². The van der Waals surface area contributed by atoms with Crippen LogP contribution in [0.2, 0.25) is 0 Å². The number of carbonyl (C=O) groups excluding carboxylic acids is 1. The molecule has 1 saturated heterocycles. The van der Waals surface area contributed by atoms with Crippen LogP contribution in [0.5, 0.6) is 0 Å². The van der Waals surface area contributed by atoms with E-state index in [4.69, 9.17) is 10.6 Å². The Morgan fingerprint density at radius 2 is 2.23 bits per heavy atom. The summed E-state index contributed by atoms with van der Waals surface area (Å²) >= 11 is 0. The molecule has 0 aromatic heterocycles. The average molecular weight is 187 g/mol. The molecule has 0 saturated carbocycles. The van der Waals surface area contributed by atoms with Crippen LogP contribution in [-0.2, 0) is 9.53 Å². The van der Waals surface area contributed by atoms with E-state index in [1.54, 1.807) is 0 Å². The number of hydrogen-bond acceptors (Lipinski definition) is 4. The maximum absolute atomic E-state index is 11.1. The molecular formula is C8H17N3O2. The van der Waals surface area contributed by atoms with Crippen LogP contribution in [-0.4, -0.2) is 43.7 Å². The van der Waals surface area contributed by atoms with E-state index in [1.165, 1.54) is 0 Å². The van der Waals surface area contributed by atoms with Crippen LogP contribution in [0.1, 0.15) is 6.92 Å². The highest BCUT2D eigenvalue weighted by atomic mass is 16.5. The van der Waals surface area contributed by atoms with Crippen LogP contribution >= 0.6 is 0 Å². The molecule has 0 spiro atoms. The molecule has 0 aromatic rings. The minimum absolute atomic E-state index is 0.0527. The highest BCUT2D eigenvalue weighted by molar-refractivity contribution is 5.77. The SMILES string of the molecule is C[C@H](CN1CCOCC1)C(=O)NN. The summed E-state index contributed by atoms with van der Waals surface area (Å²) in [5.74, 6) is 4.88. The molecule has 1 rings (SSSR count). The molecule has 5 heteroatoms. The Morgan fingerprint density at radius 3 is 2.77 bits per heavy atom. The Morgan fingerprint density at radius 1 is 1.62 bits per heavy atom. The first-order valence-corrected chi connectivity index (χ1v) is 4.54. The van der Waals surface area contributed by atoms with E-state index < -0.39 is 0 Å². The molecule has 3 N–H and O–H groups in total. The van der Waals surface area contributed by atoms with Crippen molar-refractivity contribution in [1.82, 2.24) is 10.3 Å². The monoisotopic (exact) mass is 187 g/mol. The van der Waals surface area contributed by atoms with Gasteiger partial charge in [-0.2, -0.15) is 0 Å². The number of nitrogens with one attached hydrogen (secondary N) is 1. The zero-order chi connectivity index (χ0) is 9.68. The molecule has 0 bridgehead atoms. The summed E-state index contributed by atoms with van der Waals surface area (Å²) in [5, 5.41) is 0. The van der Waals surface area contributed by atoms with Crippen molar-refractivity contribution in [1.29, 1.82) is 0 Å². The molecule has 13 heavy (non-hydrogen) atoms. The van der Waals surface area contributed by atoms with Crippen molar-refractivity contribution in [3.05, 3.63) is 0 Å². The molecule has 1 fully saturated rings. The van der Waals surface area contributed by atoms with E-state index in [-0.39, 0.29) is 11.8 Å². The van der Waals surface area contributed by atoms with E-state index >= 15 is 0 Å². The maximum atomic E-state index is 11.1. The van der Waals surface area contributed by atoms with Gasteiger partial charge in [0.15, 0.2) is 0 Å². The van der Waals surface area contributed by atoms with Crippen LogP contribution < -0.4 is 11.3 Å². The lowest BCUT2D eigenvalue weighted by atomic mass is 10.1. The van der Waals surface area contributed by atoms with E-state index in [2.05, 4.69) is 10.3 Å². The Hall–Kier alpha value is -0.650. The molecular weight excluding hydrogens is 170 g/mol. The Kier molecular flexibility index (Phi) is 4.14. The Labute approximate surface area is 78.2 Å². The van der Waals surface area contributed by atoms with Gasteiger partial charge in [0.05, 0.1) is 13.2 Å². The van der Waals surface area contributed by atoms with E-state index in [0.29, 0.717) is 0 Å². The first kappa shape index (κ1) is 10.4. The van der Waals surface area contributed by atoms with Crippen LogP contribution in [0.4, 0.5) is 0 Å². The fraction of sp³-hybridized carbons (Fsp3) is 0.875. The summed E-state index contributed by atoms with van der Waals surface area (Å²) in [7, 11) is 0. The van der Waals surface area contributed by atoms with Gasteiger partial charge in [0.1, 0.15) is 0 Å². The first-order chi connectivity index (χ1) is 6.24. The Balaban J connectivity index is 2.25. The summed E-state index contributed by atoms with van der Waals surface area (Å²) < 4.78 is 5.20. The minimum atomic E-state index is -0.105. The number of hydrogen-bond donors (Lipinski definition) is 2. The normalized spacial score (nSPS) is 21.1. The van der Waals surface area contributed by atoms with Gasteiger partial charge >= 0.3 is 0 Å².